The van der Waals surface area contributed by atoms with Crippen LogP contribution < -0.4 is 0 Å². The van der Waals surface area contributed by atoms with Gasteiger partial charge < -0.3 is 4.42 Å². The maximum absolute atomic E-state index is 7.19. The fourth-order valence-corrected chi connectivity index (χ4v) is 9.19. The number of nitrogens with zero attached hydrogens (tertiary/aromatic N) is 3. The summed E-state index contributed by atoms with van der Waals surface area (Å²) in [5, 5.41) is 4.98. The second kappa shape index (κ2) is 14.9. The smallest absolute Gasteiger partial charge is 0.164 e. The number of benzene rings is 8. The predicted octanol–water partition coefficient (Wildman–Crippen LogP) is 16.3. The highest BCUT2D eigenvalue weighted by Gasteiger charge is 2.31. The molecule has 0 N–H and O–H groups in total. The Morgan fingerprint density at radius 2 is 0.714 bits per heavy atom. The van der Waals surface area contributed by atoms with E-state index >= 15 is 0 Å². The van der Waals surface area contributed by atoms with Crippen molar-refractivity contribution in [3.8, 4) is 67.5 Å². The molecule has 0 aliphatic carbocycles. The van der Waals surface area contributed by atoms with E-state index in [4.69, 9.17) is 19.4 Å². The van der Waals surface area contributed by atoms with Crippen molar-refractivity contribution in [2.75, 3.05) is 0 Å². The minimum absolute atomic E-state index is 0.0423. The van der Waals surface area contributed by atoms with Gasteiger partial charge in [-0.25, -0.2) is 15.0 Å². The van der Waals surface area contributed by atoms with Gasteiger partial charge in [-0.15, -0.1) is 0 Å². The Hall–Kier alpha value is -6.91. The molecule has 0 saturated heterocycles. The first kappa shape index (κ1) is 40.2. The highest BCUT2D eigenvalue weighted by Crippen LogP contribution is 2.50. The average Bonchev–Trinajstić information content (AvgIpc) is 3.68. The zero-order chi connectivity index (χ0) is 43.8. The molecule has 8 aromatic carbocycles. The maximum Gasteiger partial charge on any atom is 0.164 e. The third-order valence-corrected chi connectivity index (χ3v) is 12.5. The van der Waals surface area contributed by atoms with Crippen LogP contribution in [0.4, 0.5) is 0 Å². The zero-order valence-electron chi connectivity index (χ0n) is 37.8. The molecular formula is C59H53N3O. The molecule has 0 atom stereocenters. The van der Waals surface area contributed by atoms with Crippen LogP contribution >= 0.6 is 0 Å². The van der Waals surface area contributed by atoms with Gasteiger partial charge in [0.2, 0.25) is 0 Å². The van der Waals surface area contributed by atoms with Crippen molar-refractivity contribution in [3.05, 3.63) is 174 Å². The molecule has 0 saturated carbocycles. The second-order valence-electron chi connectivity index (χ2n) is 20.1. The van der Waals surface area contributed by atoms with E-state index in [0.717, 1.165) is 61.2 Å². The van der Waals surface area contributed by atoms with Crippen LogP contribution in [0.25, 0.3) is 100 Å². The molecule has 2 heterocycles. The molecule has 0 radical (unpaired) electrons. The van der Waals surface area contributed by atoms with Crippen LogP contribution in [-0.2, 0) is 16.2 Å². The SMILES string of the molecule is CC(C)(C)c1cc(-c2ccc(-c3nc(-c4cccc(-c5ccccc5)c4)nc(-c4cccc(-c5ccccc5)c4)n3)cc2)c2oc3c(C(C)(C)C)cc(C(C)(C)C)c4ccc1c2c43. The van der Waals surface area contributed by atoms with Gasteiger partial charge in [0.15, 0.2) is 17.5 Å². The molecule has 63 heavy (non-hydrogen) atoms. The molecule has 10 rings (SSSR count). The average molecular weight is 820 g/mol. The first-order chi connectivity index (χ1) is 30.1. The Labute approximate surface area is 371 Å². The van der Waals surface area contributed by atoms with Gasteiger partial charge in [-0.3, -0.25) is 0 Å². The van der Waals surface area contributed by atoms with Crippen LogP contribution in [-0.4, -0.2) is 15.0 Å². The molecule has 0 fully saturated rings. The lowest BCUT2D eigenvalue weighted by molar-refractivity contribution is 0.561. The van der Waals surface area contributed by atoms with Crippen molar-refractivity contribution in [2.24, 2.45) is 0 Å². The van der Waals surface area contributed by atoms with Crippen LogP contribution in [0.5, 0.6) is 0 Å². The highest BCUT2D eigenvalue weighted by atomic mass is 16.3. The summed E-state index contributed by atoms with van der Waals surface area (Å²) in [7, 11) is 0. The number of aromatic nitrogens is 3. The van der Waals surface area contributed by atoms with Crippen LogP contribution in [0.15, 0.2) is 162 Å². The predicted molar refractivity (Wildman–Crippen MR) is 265 cm³/mol. The van der Waals surface area contributed by atoms with Crippen molar-refractivity contribution in [3.63, 3.8) is 0 Å². The molecule has 0 unspecified atom stereocenters. The Balaban J connectivity index is 1.15. The number of hydrogen-bond donors (Lipinski definition) is 0. The second-order valence-corrected chi connectivity index (χ2v) is 20.1. The first-order valence-electron chi connectivity index (χ1n) is 22.1. The van der Waals surface area contributed by atoms with Crippen molar-refractivity contribution in [2.45, 2.75) is 78.6 Å². The topological polar surface area (TPSA) is 51.8 Å². The molecule has 0 aliphatic heterocycles. The normalized spacial score (nSPS) is 12.5. The van der Waals surface area contributed by atoms with E-state index < -0.39 is 0 Å². The van der Waals surface area contributed by atoms with Gasteiger partial charge in [0.05, 0.1) is 0 Å². The first-order valence-corrected chi connectivity index (χ1v) is 22.1. The third kappa shape index (κ3) is 7.28. The summed E-state index contributed by atoms with van der Waals surface area (Å²) in [5.41, 5.74) is 15.0. The summed E-state index contributed by atoms with van der Waals surface area (Å²) in [5.74, 6) is 1.86. The fourth-order valence-electron chi connectivity index (χ4n) is 9.19. The highest BCUT2D eigenvalue weighted by molar-refractivity contribution is 6.26. The molecule has 2 aromatic heterocycles. The molecule has 0 aliphatic rings. The molecule has 10 aromatic rings. The number of furan rings is 1. The molecule has 0 bridgehead atoms. The fraction of sp³-hybridized carbons (Fsp3) is 0.203. The minimum Gasteiger partial charge on any atom is -0.455 e. The molecular weight excluding hydrogens is 767 g/mol. The van der Waals surface area contributed by atoms with Crippen LogP contribution in [0.2, 0.25) is 0 Å². The standard InChI is InChI=1S/C59H53N3O/c1-57(2,3)47-34-46(52-50-44(47)30-31-45-48(58(4,5)6)35-49(59(7,8)9)53(63-52)51(45)50)38-26-28-39(29-27-38)54-60-55(42-24-16-22-40(32-42)36-18-12-10-13-19-36)62-56(61-54)43-25-17-23-41(33-43)37-20-14-11-15-21-37/h10-35H,1-9H3. The minimum atomic E-state index is -0.115. The van der Waals surface area contributed by atoms with Crippen LogP contribution in [0, 0.1) is 0 Å². The zero-order valence-corrected chi connectivity index (χ0v) is 37.8. The van der Waals surface area contributed by atoms with Gasteiger partial charge >= 0.3 is 0 Å². The Morgan fingerprint density at radius 1 is 0.317 bits per heavy atom. The van der Waals surface area contributed by atoms with E-state index in [1.54, 1.807) is 0 Å². The quantitative estimate of drug-likeness (QED) is 0.157. The van der Waals surface area contributed by atoms with E-state index in [2.05, 4.69) is 208 Å². The number of rotatable bonds is 6. The van der Waals surface area contributed by atoms with Crippen molar-refractivity contribution >= 4 is 32.7 Å². The van der Waals surface area contributed by atoms with E-state index in [0.29, 0.717) is 17.5 Å². The van der Waals surface area contributed by atoms with Gasteiger partial charge in [0, 0.05) is 38.6 Å². The van der Waals surface area contributed by atoms with Crippen molar-refractivity contribution in [1.29, 1.82) is 0 Å². The van der Waals surface area contributed by atoms with Gasteiger partial charge in [-0.1, -0.05) is 202 Å². The lowest BCUT2D eigenvalue weighted by atomic mass is 9.76. The van der Waals surface area contributed by atoms with Crippen molar-refractivity contribution in [1.82, 2.24) is 15.0 Å². The van der Waals surface area contributed by atoms with Gasteiger partial charge in [0.1, 0.15) is 11.2 Å². The van der Waals surface area contributed by atoms with E-state index in [1.165, 1.54) is 38.2 Å². The Morgan fingerprint density at radius 3 is 1.19 bits per heavy atom. The van der Waals surface area contributed by atoms with E-state index in [1.807, 2.05) is 12.1 Å². The number of hydrogen-bond acceptors (Lipinski definition) is 4. The molecule has 4 nitrogen and oxygen atoms in total. The van der Waals surface area contributed by atoms with Crippen molar-refractivity contribution < 1.29 is 4.42 Å². The summed E-state index contributed by atoms with van der Waals surface area (Å²) in [6.45, 7) is 20.8. The molecule has 0 amide bonds. The summed E-state index contributed by atoms with van der Waals surface area (Å²) < 4.78 is 7.19. The monoisotopic (exact) mass is 819 g/mol. The van der Waals surface area contributed by atoms with Crippen LogP contribution in [0.1, 0.15) is 79.0 Å². The third-order valence-electron chi connectivity index (χ3n) is 12.5. The summed E-state index contributed by atoms with van der Waals surface area (Å²) >= 11 is 0. The molecule has 310 valence electrons. The van der Waals surface area contributed by atoms with Gasteiger partial charge in [-0.05, 0) is 84.2 Å². The van der Waals surface area contributed by atoms with Crippen LogP contribution in [0.3, 0.4) is 0 Å². The largest absolute Gasteiger partial charge is 0.455 e. The lowest BCUT2D eigenvalue weighted by Crippen LogP contribution is -2.17. The van der Waals surface area contributed by atoms with E-state index in [9.17, 15) is 0 Å². The summed E-state index contributed by atoms with van der Waals surface area (Å²) in [6.07, 6.45) is 0. The Bertz CT molecular complexity index is 3200. The summed E-state index contributed by atoms with van der Waals surface area (Å²) in [4.78, 5) is 15.5. The Kier molecular flexibility index (Phi) is 9.49. The lowest BCUT2D eigenvalue weighted by Gasteiger charge is -2.27. The van der Waals surface area contributed by atoms with Gasteiger partial charge in [-0.2, -0.15) is 0 Å². The maximum atomic E-state index is 7.19. The molecule has 0 spiro atoms. The van der Waals surface area contributed by atoms with Gasteiger partial charge in [0.25, 0.3) is 0 Å². The molecule has 4 heteroatoms. The summed E-state index contributed by atoms with van der Waals surface area (Å²) in [6, 6.07) is 55.9. The van der Waals surface area contributed by atoms with E-state index in [-0.39, 0.29) is 16.2 Å².